The summed E-state index contributed by atoms with van der Waals surface area (Å²) in [6.07, 6.45) is 4.56. The van der Waals surface area contributed by atoms with Gasteiger partial charge in [0.25, 0.3) is 0 Å². The van der Waals surface area contributed by atoms with Crippen molar-refractivity contribution in [1.82, 2.24) is 0 Å². The SMILES string of the molecule is CC1(C)CC(=O)C2(Cc3ccc(Br)cc3N3CC[C@@H](Cc4ccccc4)C[C@@H]32)C(=O)C1. The lowest BCUT2D eigenvalue weighted by Crippen LogP contribution is -2.65. The third-order valence-electron chi connectivity index (χ3n) is 7.75. The first-order chi connectivity index (χ1) is 14.8. The van der Waals surface area contributed by atoms with Crippen LogP contribution in [0.1, 0.15) is 50.7 Å². The Kier molecular flexibility index (Phi) is 5.12. The van der Waals surface area contributed by atoms with Gasteiger partial charge < -0.3 is 4.90 Å². The molecule has 0 radical (unpaired) electrons. The molecule has 0 amide bonds. The second-order valence-electron chi connectivity index (χ2n) is 10.6. The van der Waals surface area contributed by atoms with Crippen LogP contribution in [0.2, 0.25) is 0 Å². The summed E-state index contributed by atoms with van der Waals surface area (Å²) in [5.74, 6) is 0.820. The van der Waals surface area contributed by atoms with Crippen molar-refractivity contribution >= 4 is 33.2 Å². The number of halogens is 1. The number of fused-ring (bicyclic) bond motifs is 4. The largest absolute Gasteiger partial charge is 0.367 e. The zero-order valence-electron chi connectivity index (χ0n) is 18.4. The van der Waals surface area contributed by atoms with Crippen LogP contribution in [0.3, 0.4) is 0 Å². The summed E-state index contributed by atoms with van der Waals surface area (Å²) in [5, 5.41) is 0. The van der Waals surface area contributed by atoms with Crippen molar-refractivity contribution in [2.24, 2.45) is 16.7 Å². The normalized spacial score (nSPS) is 26.5. The van der Waals surface area contributed by atoms with Gasteiger partial charge >= 0.3 is 0 Å². The fraction of sp³-hybridized carbons (Fsp3) is 0.481. The molecule has 2 aromatic carbocycles. The minimum absolute atomic E-state index is 0.0344. The Hall–Kier alpha value is -1.94. The number of hydrogen-bond donors (Lipinski definition) is 0. The van der Waals surface area contributed by atoms with E-state index in [9.17, 15) is 9.59 Å². The Labute approximate surface area is 193 Å². The maximum Gasteiger partial charge on any atom is 0.149 e. The number of Topliss-reactive ketones (excluding diaryl/α,β-unsaturated/α-hetero) is 2. The van der Waals surface area contributed by atoms with Crippen LogP contribution in [-0.4, -0.2) is 24.2 Å². The molecule has 2 heterocycles. The van der Waals surface area contributed by atoms with Crippen molar-refractivity contribution in [3.8, 4) is 0 Å². The molecule has 2 aliphatic heterocycles. The van der Waals surface area contributed by atoms with Crippen molar-refractivity contribution in [3.05, 3.63) is 64.1 Å². The van der Waals surface area contributed by atoms with Crippen LogP contribution in [0, 0.1) is 16.7 Å². The highest BCUT2D eigenvalue weighted by molar-refractivity contribution is 9.10. The van der Waals surface area contributed by atoms with Gasteiger partial charge in [-0.25, -0.2) is 0 Å². The number of rotatable bonds is 2. The summed E-state index contributed by atoms with van der Waals surface area (Å²) in [7, 11) is 0. The van der Waals surface area contributed by atoms with Crippen LogP contribution in [0.5, 0.6) is 0 Å². The second kappa shape index (κ2) is 7.58. The fourth-order valence-electron chi connectivity index (χ4n) is 6.27. The van der Waals surface area contributed by atoms with Crippen molar-refractivity contribution in [1.29, 1.82) is 0 Å². The highest BCUT2D eigenvalue weighted by atomic mass is 79.9. The van der Waals surface area contributed by atoms with Gasteiger partial charge in [0.05, 0.1) is 0 Å². The first kappa shape index (κ1) is 20.9. The number of carbonyl (C=O) groups is 2. The third-order valence-corrected chi connectivity index (χ3v) is 8.24. The molecule has 5 rings (SSSR count). The highest BCUT2D eigenvalue weighted by Crippen LogP contribution is 2.53. The van der Waals surface area contributed by atoms with Crippen molar-refractivity contribution in [3.63, 3.8) is 0 Å². The molecule has 0 bridgehead atoms. The summed E-state index contributed by atoms with van der Waals surface area (Å²) in [5.41, 5.74) is 2.57. The van der Waals surface area contributed by atoms with Gasteiger partial charge in [-0.1, -0.05) is 66.2 Å². The predicted molar refractivity (Wildman–Crippen MR) is 127 cm³/mol. The maximum atomic E-state index is 13.7. The minimum atomic E-state index is -0.883. The number of piperidine rings is 1. The molecule has 3 nitrogen and oxygen atoms in total. The van der Waals surface area contributed by atoms with Gasteiger partial charge in [-0.05, 0) is 60.3 Å². The summed E-state index contributed by atoms with van der Waals surface area (Å²) < 4.78 is 1.05. The van der Waals surface area contributed by atoms with E-state index >= 15 is 0 Å². The Morgan fingerprint density at radius 2 is 1.71 bits per heavy atom. The standard InChI is InChI=1S/C27H30BrNO2/c1-26(2)16-24(30)27(25(31)17-26)15-20-8-9-21(28)14-22(20)29-11-10-19(13-23(27)29)12-18-6-4-3-5-7-18/h3-9,14,19,23H,10-13,15-17H2,1-2H3/t19-,23+/m0/s1. The average Bonchev–Trinajstić information content (AvgIpc) is 2.72. The number of hydrogen-bond acceptors (Lipinski definition) is 3. The topological polar surface area (TPSA) is 37.4 Å². The molecule has 31 heavy (non-hydrogen) atoms. The van der Waals surface area contributed by atoms with E-state index in [-0.39, 0.29) is 23.0 Å². The molecule has 1 saturated carbocycles. The fourth-order valence-corrected chi connectivity index (χ4v) is 6.62. The van der Waals surface area contributed by atoms with Gasteiger partial charge in [0.1, 0.15) is 17.0 Å². The molecule has 2 atom stereocenters. The number of carbonyl (C=O) groups excluding carboxylic acids is 2. The van der Waals surface area contributed by atoms with E-state index in [1.165, 1.54) is 11.3 Å². The smallest absolute Gasteiger partial charge is 0.149 e. The van der Waals surface area contributed by atoms with Crippen LogP contribution in [0.15, 0.2) is 53.0 Å². The van der Waals surface area contributed by atoms with E-state index in [1.807, 2.05) is 6.07 Å². The Morgan fingerprint density at radius 3 is 2.42 bits per heavy atom. The van der Waals surface area contributed by atoms with E-state index in [1.54, 1.807) is 0 Å². The molecule has 0 unspecified atom stereocenters. The third kappa shape index (κ3) is 3.57. The quantitative estimate of drug-likeness (QED) is 0.512. The predicted octanol–water partition coefficient (Wildman–Crippen LogP) is 5.78. The molecule has 3 aliphatic rings. The molecule has 1 spiro atoms. The molecule has 1 aliphatic carbocycles. The van der Waals surface area contributed by atoms with Crippen LogP contribution in [0.25, 0.3) is 0 Å². The molecular formula is C27H30BrNO2. The van der Waals surface area contributed by atoms with Gasteiger partial charge in [0.15, 0.2) is 0 Å². The molecule has 1 saturated heterocycles. The Bertz CT molecular complexity index is 1010. The molecular weight excluding hydrogens is 450 g/mol. The molecule has 0 aromatic heterocycles. The van der Waals surface area contributed by atoms with E-state index in [0.717, 1.165) is 35.8 Å². The van der Waals surface area contributed by atoms with Gasteiger partial charge in [-0.2, -0.15) is 0 Å². The molecule has 4 heteroatoms. The highest BCUT2D eigenvalue weighted by Gasteiger charge is 2.60. The second-order valence-corrected chi connectivity index (χ2v) is 11.5. The zero-order valence-corrected chi connectivity index (χ0v) is 20.0. The summed E-state index contributed by atoms with van der Waals surface area (Å²) in [6.45, 7) is 5.01. The van der Waals surface area contributed by atoms with Crippen LogP contribution >= 0.6 is 15.9 Å². The Balaban J connectivity index is 1.55. The lowest BCUT2D eigenvalue weighted by molar-refractivity contribution is -0.151. The molecule has 2 aromatic rings. The summed E-state index contributed by atoms with van der Waals surface area (Å²) in [6, 6.07) is 16.9. The number of ketones is 2. The van der Waals surface area contributed by atoms with Crippen LogP contribution in [-0.2, 0) is 22.4 Å². The van der Waals surface area contributed by atoms with E-state index < -0.39 is 5.41 Å². The van der Waals surface area contributed by atoms with Crippen LogP contribution in [0.4, 0.5) is 5.69 Å². The average molecular weight is 480 g/mol. The van der Waals surface area contributed by atoms with Crippen LogP contribution < -0.4 is 4.90 Å². The van der Waals surface area contributed by atoms with E-state index in [4.69, 9.17) is 0 Å². The Morgan fingerprint density at radius 1 is 1.00 bits per heavy atom. The lowest BCUT2D eigenvalue weighted by Gasteiger charge is -2.56. The van der Waals surface area contributed by atoms with Crippen molar-refractivity contribution < 1.29 is 9.59 Å². The monoisotopic (exact) mass is 479 g/mol. The summed E-state index contributed by atoms with van der Waals surface area (Å²) >= 11 is 3.63. The first-order valence-electron chi connectivity index (χ1n) is 11.4. The summed E-state index contributed by atoms with van der Waals surface area (Å²) in [4.78, 5) is 29.9. The van der Waals surface area contributed by atoms with Gasteiger partial charge in [-0.3, -0.25) is 9.59 Å². The van der Waals surface area contributed by atoms with Crippen molar-refractivity contribution in [2.45, 2.75) is 58.4 Å². The lowest BCUT2D eigenvalue weighted by atomic mass is 9.55. The van der Waals surface area contributed by atoms with Crippen molar-refractivity contribution in [2.75, 3.05) is 11.4 Å². The number of anilines is 1. The number of nitrogens with zero attached hydrogens (tertiary/aromatic N) is 1. The number of benzene rings is 2. The van der Waals surface area contributed by atoms with E-state index in [2.05, 4.69) is 77.1 Å². The molecule has 2 fully saturated rings. The maximum absolute atomic E-state index is 13.7. The van der Waals surface area contributed by atoms with E-state index in [0.29, 0.717) is 25.2 Å². The molecule has 162 valence electrons. The zero-order chi connectivity index (χ0) is 21.8. The van der Waals surface area contributed by atoms with Gasteiger partial charge in [0.2, 0.25) is 0 Å². The van der Waals surface area contributed by atoms with Gasteiger partial charge in [-0.15, -0.1) is 0 Å². The minimum Gasteiger partial charge on any atom is -0.367 e. The molecule has 0 N–H and O–H groups in total. The first-order valence-corrected chi connectivity index (χ1v) is 12.2. The van der Waals surface area contributed by atoms with Gasteiger partial charge in [0, 0.05) is 35.6 Å².